The second kappa shape index (κ2) is 27.5. The topological polar surface area (TPSA) is 288 Å². The summed E-state index contributed by atoms with van der Waals surface area (Å²) < 4.78 is 53.1. The van der Waals surface area contributed by atoms with Crippen LogP contribution in [0, 0.1) is 13.8 Å². The van der Waals surface area contributed by atoms with Crippen molar-refractivity contribution in [3.8, 4) is 5.75 Å². The van der Waals surface area contributed by atoms with Gasteiger partial charge in [0.15, 0.2) is 5.96 Å². The molecule has 1 aromatic heterocycles. The molecule has 0 fully saturated rings. The first-order chi connectivity index (χ1) is 34.8. The van der Waals surface area contributed by atoms with Crippen LogP contribution in [0.4, 0.5) is 4.79 Å². The summed E-state index contributed by atoms with van der Waals surface area (Å²) in [6.45, 7) is 11.2. The smallest absolute Gasteiger partial charge is 0.408 e. The first kappa shape index (κ1) is 56.6. The second-order valence-corrected chi connectivity index (χ2v) is 19.9. The number of hydrogen-bond donors (Lipinski definition) is 7. The summed E-state index contributed by atoms with van der Waals surface area (Å²) in [6, 6.07) is 14.6. The maximum atomic E-state index is 13.8. The largest absolute Gasteiger partial charge is 0.494 e. The lowest BCUT2D eigenvalue weighted by Crippen LogP contribution is -2.49. The second-order valence-electron chi connectivity index (χ2n) is 18.2. The number of fused-ring (bicyclic) bond motifs is 1. The van der Waals surface area contributed by atoms with E-state index >= 15 is 0 Å². The molecule has 1 aliphatic rings. The Morgan fingerprint density at radius 1 is 0.877 bits per heavy atom. The SMILES string of the molecule is COC(=O)[C@H](CNC(=O)c1ccc2c(cnn2CCCNC2=NCCCN2)c1)NS(=O)(=O)c1c(C)cc(OCCCC(=O)NCCNC(=O)[C@H](CCC(=O)OC(C)(C)C)NC(=O)OCc2ccccc2)cc1C. The van der Waals surface area contributed by atoms with Gasteiger partial charge in [-0.1, -0.05) is 30.3 Å². The van der Waals surface area contributed by atoms with Crippen LogP contribution in [0.15, 0.2) is 76.7 Å². The molecule has 73 heavy (non-hydrogen) atoms. The van der Waals surface area contributed by atoms with Crippen molar-refractivity contribution in [3.63, 3.8) is 0 Å². The summed E-state index contributed by atoms with van der Waals surface area (Å²) in [5.74, 6) is -1.71. The molecule has 5 rings (SSSR count). The minimum atomic E-state index is -4.34. The summed E-state index contributed by atoms with van der Waals surface area (Å²) in [4.78, 5) is 81.1. The van der Waals surface area contributed by atoms with Gasteiger partial charge in [-0.2, -0.15) is 9.82 Å². The fraction of sp³-hybridized carbons (Fsp3) is 0.480. The third kappa shape index (κ3) is 18.7. The average molecular weight is 1030 g/mol. The van der Waals surface area contributed by atoms with E-state index in [1.54, 1.807) is 83.3 Å². The molecule has 23 heteroatoms. The molecule has 4 aromatic rings. The van der Waals surface area contributed by atoms with E-state index in [4.69, 9.17) is 18.9 Å². The highest BCUT2D eigenvalue weighted by molar-refractivity contribution is 7.89. The molecule has 2 atom stereocenters. The van der Waals surface area contributed by atoms with Crippen molar-refractivity contribution < 1.29 is 56.1 Å². The summed E-state index contributed by atoms with van der Waals surface area (Å²) in [6.07, 6.45) is 2.82. The monoisotopic (exact) mass is 1030 g/mol. The van der Waals surface area contributed by atoms with E-state index in [1.807, 2.05) is 10.7 Å². The molecule has 1 aliphatic heterocycles. The van der Waals surface area contributed by atoms with Crippen molar-refractivity contribution in [1.29, 1.82) is 0 Å². The lowest BCUT2D eigenvalue weighted by Gasteiger charge is -2.21. The Hall–Kier alpha value is -7.27. The molecule has 0 saturated heterocycles. The summed E-state index contributed by atoms with van der Waals surface area (Å²) in [5.41, 5.74) is 1.79. The van der Waals surface area contributed by atoms with Crippen LogP contribution >= 0.6 is 0 Å². The predicted octanol–water partition coefficient (Wildman–Crippen LogP) is 3.04. The van der Waals surface area contributed by atoms with Gasteiger partial charge in [-0.3, -0.25) is 33.6 Å². The molecule has 0 unspecified atom stereocenters. The minimum absolute atomic E-state index is 0.0207. The number of nitrogens with one attached hydrogen (secondary N) is 7. The van der Waals surface area contributed by atoms with Crippen molar-refractivity contribution in [2.45, 2.75) is 109 Å². The predicted molar refractivity (Wildman–Crippen MR) is 271 cm³/mol. The Labute approximate surface area is 425 Å². The van der Waals surface area contributed by atoms with Crippen LogP contribution in [0.2, 0.25) is 0 Å². The van der Waals surface area contributed by atoms with Gasteiger partial charge >= 0.3 is 18.0 Å². The zero-order chi connectivity index (χ0) is 53.0. The van der Waals surface area contributed by atoms with E-state index in [9.17, 15) is 37.2 Å². The normalized spacial score (nSPS) is 13.3. The molecule has 0 radical (unpaired) electrons. The summed E-state index contributed by atoms with van der Waals surface area (Å²) >= 11 is 0. The fourth-order valence-electron chi connectivity index (χ4n) is 7.62. The Morgan fingerprint density at radius 3 is 2.32 bits per heavy atom. The number of guanidine groups is 1. The summed E-state index contributed by atoms with van der Waals surface area (Å²) in [7, 11) is -3.23. The number of sulfonamides is 1. The van der Waals surface area contributed by atoms with Crippen molar-refractivity contribution in [2.75, 3.05) is 53.0 Å². The first-order valence-electron chi connectivity index (χ1n) is 24.2. The number of aliphatic imine (C=N–C) groups is 1. The van der Waals surface area contributed by atoms with Crippen molar-refractivity contribution in [1.82, 2.24) is 46.4 Å². The van der Waals surface area contributed by atoms with Crippen LogP contribution in [0.25, 0.3) is 10.9 Å². The molecule has 0 saturated carbocycles. The van der Waals surface area contributed by atoms with Gasteiger partial charge in [-0.25, -0.2) is 13.2 Å². The standard InChI is InChI=1S/C50H68N10O12S/c1-33-27-38(70-26-10-15-42(61)51-23-24-52-46(64)39(17-19-43(62)72-50(3,4)5)58-49(66)71-32-35-13-8-7-9-14-35)28-34(2)44(33)73(67,68)59-40(47(65)69-6)31-56-45(63)36-16-18-41-37(29-36)30-57-60(41)25-12-22-55-48-53-20-11-21-54-48/h7-9,13-14,16,18,27-30,39-40,59H,10-12,15,17,19-26,31-32H2,1-6H3,(H,51,61)(H,52,64)(H,56,63)(H,58,66)(H2,53,54,55)/t39-,40-/m0/s1. The van der Waals surface area contributed by atoms with Gasteiger partial charge in [0.25, 0.3) is 5.91 Å². The number of alkyl carbamates (subject to hydrolysis) is 1. The van der Waals surface area contributed by atoms with E-state index in [0.29, 0.717) is 42.0 Å². The van der Waals surface area contributed by atoms with Gasteiger partial charge < -0.3 is 50.8 Å². The zero-order valence-electron chi connectivity index (χ0n) is 42.3. The Morgan fingerprint density at radius 2 is 1.62 bits per heavy atom. The molecule has 4 amide bonds. The summed E-state index contributed by atoms with van der Waals surface area (Å²) in [5, 5.41) is 22.2. The van der Waals surface area contributed by atoms with Crippen LogP contribution in [-0.4, -0.2) is 131 Å². The quantitative estimate of drug-likeness (QED) is 0.0270. The van der Waals surface area contributed by atoms with Crippen LogP contribution in [0.3, 0.4) is 0 Å². The number of carbonyl (C=O) groups excluding carboxylic acids is 6. The molecule has 3 aromatic carbocycles. The third-order valence-electron chi connectivity index (χ3n) is 11.0. The van der Waals surface area contributed by atoms with Crippen LogP contribution in [0.1, 0.15) is 86.3 Å². The van der Waals surface area contributed by atoms with Gasteiger partial charge in [-0.05, 0) is 107 Å². The number of rotatable bonds is 26. The highest BCUT2D eigenvalue weighted by Gasteiger charge is 2.30. The molecular formula is C50H68N10O12S. The van der Waals surface area contributed by atoms with E-state index in [0.717, 1.165) is 55.5 Å². The zero-order valence-corrected chi connectivity index (χ0v) is 43.1. The van der Waals surface area contributed by atoms with Gasteiger partial charge in [-0.15, -0.1) is 0 Å². The average Bonchev–Trinajstić information content (AvgIpc) is 3.76. The number of amides is 4. The van der Waals surface area contributed by atoms with E-state index < -0.39 is 64.1 Å². The van der Waals surface area contributed by atoms with Crippen LogP contribution in [0.5, 0.6) is 5.75 Å². The van der Waals surface area contributed by atoms with Crippen molar-refractivity contribution >= 4 is 62.6 Å². The maximum absolute atomic E-state index is 13.8. The minimum Gasteiger partial charge on any atom is -0.494 e. The van der Waals surface area contributed by atoms with Crippen molar-refractivity contribution in [2.24, 2.45) is 4.99 Å². The van der Waals surface area contributed by atoms with Gasteiger partial charge in [0.05, 0.1) is 30.3 Å². The number of hydrogen-bond acceptors (Lipinski definition) is 16. The lowest BCUT2D eigenvalue weighted by atomic mass is 10.1. The van der Waals surface area contributed by atoms with Crippen LogP contribution < -0.4 is 41.4 Å². The van der Waals surface area contributed by atoms with Crippen molar-refractivity contribution in [3.05, 3.63) is 89.1 Å². The molecule has 7 N–H and O–H groups in total. The number of esters is 2. The number of aromatic nitrogens is 2. The van der Waals surface area contributed by atoms with Crippen LogP contribution in [-0.2, 0) is 56.6 Å². The van der Waals surface area contributed by atoms with E-state index in [1.165, 1.54) is 12.1 Å². The first-order valence-corrected chi connectivity index (χ1v) is 25.6. The third-order valence-corrected chi connectivity index (χ3v) is 12.8. The molecule has 2 heterocycles. The van der Waals surface area contributed by atoms with Gasteiger partial charge in [0, 0.05) is 69.6 Å². The van der Waals surface area contributed by atoms with E-state index in [-0.39, 0.29) is 56.4 Å². The highest BCUT2D eigenvalue weighted by Crippen LogP contribution is 2.26. The molecule has 22 nitrogen and oxygen atoms in total. The molecule has 396 valence electrons. The lowest BCUT2D eigenvalue weighted by molar-refractivity contribution is -0.155. The molecule has 0 aliphatic carbocycles. The van der Waals surface area contributed by atoms with Gasteiger partial charge in [0.2, 0.25) is 21.8 Å². The number of aryl methyl sites for hydroxylation is 3. The number of methoxy groups -OCH3 is 1. The Bertz CT molecular complexity index is 2670. The number of nitrogens with zero attached hydrogens (tertiary/aromatic N) is 3. The molecular weight excluding hydrogens is 965 g/mol. The Kier molecular flexibility index (Phi) is 21.4. The Balaban J connectivity index is 1.04. The molecule has 0 bridgehead atoms. The number of carbonyl (C=O) groups is 6. The highest BCUT2D eigenvalue weighted by atomic mass is 32.2. The fourth-order valence-corrected chi connectivity index (χ4v) is 9.26. The number of ether oxygens (including phenoxy) is 4. The molecule has 0 spiro atoms. The number of benzene rings is 3. The van der Waals surface area contributed by atoms with Gasteiger partial charge in [0.1, 0.15) is 30.0 Å². The maximum Gasteiger partial charge on any atom is 0.408 e. The van der Waals surface area contributed by atoms with E-state index in [2.05, 4.69) is 46.7 Å².